The van der Waals surface area contributed by atoms with E-state index in [0.717, 1.165) is 17.7 Å². The Balaban J connectivity index is 2.79. The Kier molecular flexibility index (Phi) is 7.94. The van der Waals surface area contributed by atoms with E-state index in [1.807, 2.05) is 6.07 Å². The van der Waals surface area contributed by atoms with Crippen LogP contribution < -0.4 is 22.9 Å². The molecular formula is C21H25F3N8. The van der Waals surface area contributed by atoms with Gasteiger partial charge in [-0.3, -0.25) is 0 Å². The van der Waals surface area contributed by atoms with E-state index in [1.54, 1.807) is 44.2 Å². The van der Waals surface area contributed by atoms with Crippen LogP contribution in [0.15, 0.2) is 75.0 Å². The number of hydrogen-bond donors (Lipinski definition) is 4. The number of alkyl halides is 3. The van der Waals surface area contributed by atoms with Crippen molar-refractivity contribution in [1.29, 1.82) is 0 Å². The van der Waals surface area contributed by atoms with E-state index in [2.05, 4.69) is 20.4 Å². The third-order valence-electron chi connectivity index (χ3n) is 4.61. The van der Waals surface area contributed by atoms with E-state index in [0.29, 0.717) is 17.0 Å². The van der Waals surface area contributed by atoms with Crippen molar-refractivity contribution < 1.29 is 13.2 Å². The van der Waals surface area contributed by atoms with Crippen molar-refractivity contribution in [3.8, 4) is 0 Å². The highest BCUT2D eigenvalue weighted by Gasteiger charge is 2.34. The lowest BCUT2D eigenvalue weighted by molar-refractivity contribution is -0.137. The molecule has 0 radical (unpaired) electrons. The minimum absolute atomic E-state index is 0.266. The van der Waals surface area contributed by atoms with Crippen LogP contribution in [0.1, 0.15) is 36.5 Å². The number of nitrogens with two attached hydrogens (primary N) is 4. The standard InChI is InChI=1S/C21H25F3N8/c1-12(29-31-19(25)26)17(13(2)30-32-20(27)28)18(14-7-4-3-5-8-14)15-9-6-10-16(11-15)21(22,23)24/h3-11,17-18H,1-2H3,(H4,25,26,31)(H4,27,28,32)/b29-12+,30-13+. The minimum Gasteiger partial charge on any atom is -0.369 e. The molecule has 0 spiro atoms. The molecule has 0 aliphatic carbocycles. The Hall–Kier alpha value is -3.89. The van der Waals surface area contributed by atoms with Gasteiger partial charge in [0.1, 0.15) is 0 Å². The summed E-state index contributed by atoms with van der Waals surface area (Å²) in [4.78, 5) is 0. The smallest absolute Gasteiger partial charge is 0.369 e. The van der Waals surface area contributed by atoms with E-state index in [1.165, 1.54) is 6.07 Å². The van der Waals surface area contributed by atoms with Crippen molar-refractivity contribution in [2.75, 3.05) is 0 Å². The maximum Gasteiger partial charge on any atom is 0.416 e. The second-order valence-corrected chi connectivity index (χ2v) is 7.02. The van der Waals surface area contributed by atoms with E-state index >= 15 is 0 Å². The lowest BCUT2D eigenvalue weighted by Crippen LogP contribution is -2.29. The maximum absolute atomic E-state index is 13.4. The Morgan fingerprint density at radius 2 is 1.22 bits per heavy atom. The lowest BCUT2D eigenvalue weighted by Gasteiger charge is -2.28. The monoisotopic (exact) mass is 446 g/mol. The molecule has 2 aromatic carbocycles. The van der Waals surface area contributed by atoms with Crippen molar-refractivity contribution in [3.05, 3.63) is 71.3 Å². The van der Waals surface area contributed by atoms with Crippen LogP contribution in [0, 0.1) is 5.92 Å². The molecule has 0 saturated carbocycles. The highest BCUT2D eigenvalue weighted by Crippen LogP contribution is 2.37. The summed E-state index contributed by atoms with van der Waals surface area (Å²) < 4.78 is 40.3. The van der Waals surface area contributed by atoms with Crippen molar-refractivity contribution in [3.63, 3.8) is 0 Å². The molecule has 11 heteroatoms. The predicted octanol–water partition coefficient (Wildman–Crippen LogP) is 2.75. The van der Waals surface area contributed by atoms with Gasteiger partial charge in [-0.25, -0.2) is 0 Å². The molecule has 170 valence electrons. The first-order valence-corrected chi connectivity index (χ1v) is 9.49. The van der Waals surface area contributed by atoms with Crippen LogP contribution in [-0.4, -0.2) is 23.3 Å². The molecule has 0 aromatic heterocycles. The molecule has 32 heavy (non-hydrogen) atoms. The number of hydrogen-bond acceptors (Lipinski definition) is 4. The topological polar surface area (TPSA) is 154 Å². The van der Waals surface area contributed by atoms with Crippen molar-refractivity contribution >= 4 is 23.3 Å². The van der Waals surface area contributed by atoms with Crippen LogP contribution in [0.4, 0.5) is 13.2 Å². The highest BCUT2D eigenvalue weighted by molar-refractivity contribution is 6.07. The average Bonchev–Trinajstić information content (AvgIpc) is 2.74. The normalized spacial score (nSPS) is 14.4. The second-order valence-electron chi connectivity index (χ2n) is 7.02. The molecular weight excluding hydrogens is 421 g/mol. The fourth-order valence-corrected chi connectivity index (χ4v) is 3.33. The van der Waals surface area contributed by atoms with Gasteiger partial charge in [-0.15, -0.1) is 10.2 Å². The van der Waals surface area contributed by atoms with Crippen LogP contribution in [0.25, 0.3) is 0 Å². The van der Waals surface area contributed by atoms with Crippen molar-refractivity contribution in [1.82, 2.24) is 0 Å². The summed E-state index contributed by atoms with van der Waals surface area (Å²) in [5.41, 5.74) is 22.7. The van der Waals surface area contributed by atoms with Gasteiger partial charge in [0, 0.05) is 23.3 Å². The number of guanidine groups is 2. The van der Waals surface area contributed by atoms with Crippen LogP contribution in [0.2, 0.25) is 0 Å². The molecule has 0 bridgehead atoms. The van der Waals surface area contributed by atoms with Gasteiger partial charge in [0.05, 0.1) is 5.56 Å². The highest BCUT2D eigenvalue weighted by atomic mass is 19.4. The third kappa shape index (κ3) is 6.56. The first-order chi connectivity index (χ1) is 15.0. The Bertz CT molecular complexity index is 1000. The van der Waals surface area contributed by atoms with Gasteiger partial charge in [-0.05, 0) is 31.0 Å². The van der Waals surface area contributed by atoms with E-state index in [-0.39, 0.29) is 11.9 Å². The summed E-state index contributed by atoms with van der Waals surface area (Å²) in [6.07, 6.45) is -4.50. The zero-order valence-corrected chi connectivity index (χ0v) is 17.6. The average molecular weight is 446 g/mol. The van der Waals surface area contributed by atoms with E-state index in [4.69, 9.17) is 22.9 Å². The fraction of sp³-hybridized carbons (Fsp3) is 0.238. The number of nitrogens with zero attached hydrogens (tertiary/aromatic N) is 4. The Morgan fingerprint density at radius 1 is 0.719 bits per heavy atom. The summed E-state index contributed by atoms with van der Waals surface area (Å²) in [6, 6.07) is 14.1. The Labute approximate surface area is 183 Å². The molecule has 8 N–H and O–H groups in total. The van der Waals surface area contributed by atoms with Gasteiger partial charge >= 0.3 is 6.18 Å². The second kappa shape index (κ2) is 10.4. The zero-order valence-electron chi connectivity index (χ0n) is 17.6. The largest absolute Gasteiger partial charge is 0.416 e. The molecule has 2 aromatic rings. The molecule has 0 aliphatic rings. The van der Waals surface area contributed by atoms with Gasteiger partial charge in [-0.1, -0.05) is 48.5 Å². The van der Waals surface area contributed by atoms with Gasteiger partial charge in [0.25, 0.3) is 0 Å². The minimum atomic E-state index is -4.50. The summed E-state index contributed by atoms with van der Waals surface area (Å²) in [7, 11) is 0. The van der Waals surface area contributed by atoms with Crippen LogP contribution in [0.3, 0.4) is 0 Å². The van der Waals surface area contributed by atoms with Gasteiger partial charge < -0.3 is 22.9 Å². The van der Waals surface area contributed by atoms with Gasteiger partial charge in [0.2, 0.25) is 11.9 Å². The molecule has 1 atom stereocenters. The molecule has 0 saturated heterocycles. The zero-order chi connectivity index (χ0) is 23.9. The van der Waals surface area contributed by atoms with Gasteiger partial charge in [0.15, 0.2) is 0 Å². The molecule has 2 rings (SSSR count). The molecule has 0 aliphatic heterocycles. The summed E-state index contributed by atoms with van der Waals surface area (Å²) >= 11 is 0. The van der Waals surface area contributed by atoms with E-state index in [9.17, 15) is 13.2 Å². The molecule has 8 nitrogen and oxygen atoms in total. The summed E-state index contributed by atoms with van der Waals surface area (Å²) in [5.74, 6) is -1.81. The SMILES string of the molecule is C/C(=N\N=C(N)N)C(/C(C)=N/N=C(N)N)C(c1ccccc1)c1cccc(C(F)(F)F)c1. The molecule has 1 unspecified atom stereocenters. The van der Waals surface area contributed by atoms with Crippen LogP contribution in [0.5, 0.6) is 0 Å². The molecule has 0 amide bonds. The predicted molar refractivity (Wildman–Crippen MR) is 121 cm³/mol. The quantitative estimate of drug-likeness (QED) is 0.293. The summed E-state index contributed by atoms with van der Waals surface area (Å²) in [6.45, 7) is 3.30. The fourth-order valence-electron chi connectivity index (χ4n) is 3.33. The number of rotatable bonds is 7. The maximum atomic E-state index is 13.4. The Morgan fingerprint density at radius 3 is 1.69 bits per heavy atom. The van der Waals surface area contributed by atoms with Crippen LogP contribution in [-0.2, 0) is 6.18 Å². The lowest BCUT2D eigenvalue weighted by atomic mass is 9.76. The first kappa shape index (κ1) is 24.4. The number of benzene rings is 2. The van der Waals surface area contributed by atoms with Crippen molar-refractivity contribution in [2.24, 2.45) is 49.3 Å². The van der Waals surface area contributed by atoms with Gasteiger partial charge in [-0.2, -0.15) is 23.4 Å². The summed E-state index contributed by atoms with van der Waals surface area (Å²) in [5, 5.41) is 15.5. The van der Waals surface area contributed by atoms with E-state index < -0.39 is 23.6 Å². The van der Waals surface area contributed by atoms with Crippen molar-refractivity contribution in [2.45, 2.75) is 25.9 Å². The number of halogens is 3. The molecule has 0 heterocycles. The third-order valence-corrected chi connectivity index (χ3v) is 4.61. The van der Waals surface area contributed by atoms with Crippen LogP contribution >= 0.6 is 0 Å². The molecule has 0 fully saturated rings. The first-order valence-electron chi connectivity index (χ1n) is 9.49.